The molecule has 0 fully saturated rings. The van der Waals surface area contributed by atoms with Crippen LogP contribution in [0.5, 0.6) is 0 Å². The SMILES string of the molecule is NC(Cc1ccc(F)c(Cl)c1)c1ccncc1. The Kier molecular flexibility index (Phi) is 3.71. The van der Waals surface area contributed by atoms with Crippen molar-refractivity contribution in [3.63, 3.8) is 0 Å². The Morgan fingerprint density at radius 2 is 1.94 bits per heavy atom. The third-order valence-corrected chi connectivity index (χ3v) is 2.86. The molecule has 0 saturated heterocycles. The van der Waals surface area contributed by atoms with Crippen LogP contribution in [0.1, 0.15) is 17.2 Å². The molecule has 2 aromatic rings. The van der Waals surface area contributed by atoms with Gasteiger partial charge in [0.15, 0.2) is 0 Å². The first-order valence-corrected chi connectivity index (χ1v) is 5.64. The average molecular weight is 251 g/mol. The van der Waals surface area contributed by atoms with Gasteiger partial charge in [0.05, 0.1) is 5.02 Å². The van der Waals surface area contributed by atoms with Gasteiger partial charge in [0.1, 0.15) is 5.82 Å². The lowest BCUT2D eigenvalue weighted by Crippen LogP contribution is -2.13. The first-order valence-electron chi connectivity index (χ1n) is 5.26. The van der Waals surface area contributed by atoms with Crippen LogP contribution in [0.3, 0.4) is 0 Å². The highest BCUT2D eigenvalue weighted by atomic mass is 35.5. The molecule has 2 nitrogen and oxygen atoms in total. The van der Waals surface area contributed by atoms with Crippen LogP contribution in [0.15, 0.2) is 42.7 Å². The fourth-order valence-corrected chi connectivity index (χ4v) is 1.85. The van der Waals surface area contributed by atoms with Crippen LogP contribution < -0.4 is 5.73 Å². The van der Waals surface area contributed by atoms with Gasteiger partial charge in [-0.15, -0.1) is 0 Å². The predicted molar refractivity (Wildman–Crippen MR) is 66.3 cm³/mol. The molecule has 17 heavy (non-hydrogen) atoms. The summed E-state index contributed by atoms with van der Waals surface area (Å²) in [4.78, 5) is 3.93. The van der Waals surface area contributed by atoms with Crippen LogP contribution in [-0.4, -0.2) is 4.98 Å². The van der Waals surface area contributed by atoms with E-state index >= 15 is 0 Å². The molecule has 0 bridgehead atoms. The van der Waals surface area contributed by atoms with Crippen molar-refractivity contribution in [1.29, 1.82) is 0 Å². The molecule has 0 saturated carbocycles. The number of pyridine rings is 1. The van der Waals surface area contributed by atoms with Crippen molar-refractivity contribution in [3.05, 3.63) is 64.7 Å². The number of nitrogens with two attached hydrogens (primary N) is 1. The van der Waals surface area contributed by atoms with Crippen molar-refractivity contribution in [3.8, 4) is 0 Å². The highest BCUT2D eigenvalue weighted by Crippen LogP contribution is 2.20. The third kappa shape index (κ3) is 3.02. The summed E-state index contributed by atoms with van der Waals surface area (Å²) in [6.07, 6.45) is 4.02. The fraction of sp³-hybridized carbons (Fsp3) is 0.154. The quantitative estimate of drug-likeness (QED) is 0.909. The maximum atomic E-state index is 13.0. The molecule has 0 amide bonds. The van der Waals surface area contributed by atoms with Gasteiger partial charge in [0, 0.05) is 18.4 Å². The lowest BCUT2D eigenvalue weighted by atomic mass is 10.0. The highest BCUT2D eigenvalue weighted by molar-refractivity contribution is 6.30. The smallest absolute Gasteiger partial charge is 0.141 e. The molecule has 2 N–H and O–H groups in total. The number of hydrogen-bond donors (Lipinski definition) is 1. The van der Waals surface area contributed by atoms with E-state index in [4.69, 9.17) is 17.3 Å². The summed E-state index contributed by atoms with van der Waals surface area (Å²) < 4.78 is 13.0. The summed E-state index contributed by atoms with van der Waals surface area (Å²) >= 11 is 5.72. The van der Waals surface area contributed by atoms with E-state index in [1.54, 1.807) is 24.5 Å². The van der Waals surface area contributed by atoms with Gasteiger partial charge >= 0.3 is 0 Å². The predicted octanol–water partition coefficient (Wildman–Crippen LogP) is 3.12. The Morgan fingerprint density at radius 3 is 2.59 bits per heavy atom. The van der Waals surface area contributed by atoms with E-state index < -0.39 is 5.82 Å². The molecule has 1 aromatic carbocycles. The minimum Gasteiger partial charge on any atom is -0.324 e. The fourth-order valence-electron chi connectivity index (χ4n) is 1.65. The Bertz CT molecular complexity index is 502. The van der Waals surface area contributed by atoms with Gasteiger partial charge in [0.25, 0.3) is 0 Å². The van der Waals surface area contributed by atoms with Crippen LogP contribution in [0, 0.1) is 5.82 Å². The standard InChI is InChI=1S/C13H12ClFN2/c14-11-7-9(1-2-12(11)15)8-13(16)10-3-5-17-6-4-10/h1-7,13H,8,16H2. The normalized spacial score (nSPS) is 12.4. The lowest BCUT2D eigenvalue weighted by Gasteiger charge is -2.12. The van der Waals surface area contributed by atoms with Crippen LogP contribution in [0.2, 0.25) is 5.02 Å². The number of aromatic nitrogens is 1. The van der Waals surface area contributed by atoms with Crippen molar-refractivity contribution in [2.45, 2.75) is 12.5 Å². The van der Waals surface area contributed by atoms with Gasteiger partial charge in [-0.1, -0.05) is 17.7 Å². The van der Waals surface area contributed by atoms with Crippen LogP contribution in [-0.2, 0) is 6.42 Å². The molecule has 4 heteroatoms. The largest absolute Gasteiger partial charge is 0.324 e. The molecule has 0 aliphatic heterocycles. The Hall–Kier alpha value is -1.45. The first kappa shape index (κ1) is 12.0. The zero-order valence-electron chi connectivity index (χ0n) is 9.11. The maximum Gasteiger partial charge on any atom is 0.141 e. The number of hydrogen-bond acceptors (Lipinski definition) is 2. The Morgan fingerprint density at radius 1 is 1.24 bits per heavy atom. The zero-order valence-corrected chi connectivity index (χ0v) is 9.86. The van der Waals surface area contributed by atoms with E-state index in [0.29, 0.717) is 6.42 Å². The molecule has 0 aliphatic carbocycles. The minimum absolute atomic E-state index is 0.129. The van der Waals surface area contributed by atoms with Crippen molar-refractivity contribution < 1.29 is 4.39 Å². The Labute approximate surface area is 104 Å². The summed E-state index contributed by atoms with van der Waals surface area (Å²) in [5.74, 6) is -0.409. The molecule has 0 aliphatic rings. The van der Waals surface area contributed by atoms with Gasteiger partial charge in [-0.2, -0.15) is 0 Å². The van der Waals surface area contributed by atoms with E-state index in [1.165, 1.54) is 6.07 Å². The van der Waals surface area contributed by atoms with E-state index in [1.807, 2.05) is 12.1 Å². The van der Waals surface area contributed by atoms with Crippen molar-refractivity contribution in [2.75, 3.05) is 0 Å². The summed E-state index contributed by atoms with van der Waals surface area (Å²) in [5, 5.41) is 0.129. The third-order valence-electron chi connectivity index (χ3n) is 2.57. The Balaban J connectivity index is 2.13. The van der Waals surface area contributed by atoms with Gasteiger partial charge in [-0.3, -0.25) is 4.98 Å². The molecular weight excluding hydrogens is 239 g/mol. The van der Waals surface area contributed by atoms with Gasteiger partial charge in [-0.25, -0.2) is 4.39 Å². The molecule has 1 atom stereocenters. The van der Waals surface area contributed by atoms with Crippen molar-refractivity contribution in [2.24, 2.45) is 5.73 Å². The van der Waals surface area contributed by atoms with Gasteiger partial charge in [-0.05, 0) is 41.8 Å². The van der Waals surface area contributed by atoms with Gasteiger partial charge < -0.3 is 5.73 Å². The second-order valence-corrected chi connectivity index (χ2v) is 4.25. The monoisotopic (exact) mass is 250 g/mol. The van der Waals surface area contributed by atoms with Gasteiger partial charge in [0.2, 0.25) is 0 Å². The molecule has 0 radical (unpaired) electrons. The van der Waals surface area contributed by atoms with Crippen molar-refractivity contribution >= 4 is 11.6 Å². The van der Waals surface area contributed by atoms with E-state index in [-0.39, 0.29) is 11.1 Å². The number of halogens is 2. The van der Waals surface area contributed by atoms with E-state index in [9.17, 15) is 4.39 Å². The highest BCUT2D eigenvalue weighted by Gasteiger charge is 2.08. The summed E-state index contributed by atoms with van der Waals surface area (Å²) in [6.45, 7) is 0. The molecule has 0 spiro atoms. The molecule has 88 valence electrons. The summed E-state index contributed by atoms with van der Waals surface area (Å²) in [6, 6.07) is 8.27. The topological polar surface area (TPSA) is 38.9 Å². The molecule has 1 heterocycles. The molecule has 1 unspecified atom stereocenters. The van der Waals surface area contributed by atoms with Crippen LogP contribution >= 0.6 is 11.6 Å². The second-order valence-electron chi connectivity index (χ2n) is 3.84. The number of rotatable bonds is 3. The van der Waals surface area contributed by atoms with E-state index in [0.717, 1.165) is 11.1 Å². The summed E-state index contributed by atoms with van der Waals surface area (Å²) in [7, 11) is 0. The maximum absolute atomic E-state index is 13.0. The average Bonchev–Trinajstić information content (AvgIpc) is 2.35. The molecule has 1 aromatic heterocycles. The number of benzene rings is 1. The summed E-state index contributed by atoms with van der Waals surface area (Å²) in [5.41, 5.74) is 7.97. The molecular formula is C13H12ClFN2. The van der Waals surface area contributed by atoms with Crippen LogP contribution in [0.4, 0.5) is 4.39 Å². The zero-order chi connectivity index (χ0) is 12.3. The second kappa shape index (κ2) is 5.25. The van der Waals surface area contributed by atoms with Crippen molar-refractivity contribution in [1.82, 2.24) is 4.98 Å². The minimum atomic E-state index is -0.409. The molecule has 2 rings (SSSR count). The van der Waals surface area contributed by atoms with Crippen LogP contribution in [0.25, 0.3) is 0 Å². The number of nitrogens with zero attached hydrogens (tertiary/aromatic N) is 1. The first-order chi connectivity index (χ1) is 8.16. The lowest BCUT2D eigenvalue weighted by molar-refractivity contribution is 0.626. The van der Waals surface area contributed by atoms with E-state index in [2.05, 4.69) is 4.98 Å².